The maximum absolute atomic E-state index is 11.4. The van der Waals surface area contributed by atoms with Crippen LogP contribution in [0.1, 0.15) is 36.8 Å². The molecule has 0 aromatic carbocycles. The number of carbonyl (C=O) groups excluding carboxylic acids is 2. The van der Waals surface area contributed by atoms with Gasteiger partial charge in [-0.1, -0.05) is 0 Å². The Balaban J connectivity index is 2.56. The highest BCUT2D eigenvalue weighted by Crippen LogP contribution is 2.07. The second kappa shape index (κ2) is 5.43. The molecule has 1 aromatic rings. The number of hydrogen-bond acceptors (Lipinski definition) is 4. The topological polar surface area (TPSA) is 68.3 Å². The molecule has 0 radical (unpaired) electrons. The minimum absolute atomic E-state index is 0.170. The molecule has 1 aromatic heterocycles. The monoisotopic (exact) mass is 236 g/mol. The smallest absolute Gasteiger partial charge is 0.407 e. The molecular formula is C12H16N2O3. The summed E-state index contributed by atoms with van der Waals surface area (Å²) >= 11 is 0. The van der Waals surface area contributed by atoms with Gasteiger partial charge in [0.2, 0.25) is 0 Å². The van der Waals surface area contributed by atoms with Crippen LogP contribution in [0.15, 0.2) is 18.3 Å². The Morgan fingerprint density at radius 1 is 1.53 bits per heavy atom. The summed E-state index contributed by atoms with van der Waals surface area (Å²) in [6.45, 7) is 5.52. The molecule has 5 heteroatoms. The molecule has 0 aliphatic heterocycles. The number of hydrogen-bond donors (Lipinski definition) is 1. The van der Waals surface area contributed by atoms with E-state index in [-0.39, 0.29) is 6.54 Å². The number of nitrogens with zero attached hydrogens (tertiary/aromatic N) is 1. The van der Waals surface area contributed by atoms with Crippen LogP contribution in [0, 0.1) is 0 Å². The van der Waals surface area contributed by atoms with Gasteiger partial charge in [-0.05, 0) is 32.9 Å². The van der Waals surface area contributed by atoms with Gasteiger partial charge in [-0.25, -0.2) is 4.79 Å². The van der Waals surface area contributed by atoms with E-state index in [0.717, 1.165) is 0 Å². The summed E-state index contributed by atoms with van der Waals surface area (Å²) in [6.07, 6.45) is 1.75. The molecule has 0 saturated carbocycles. The summed E-state index contributed by atoms with van der Waals surface area (Å²) in [6, 6.07) is 3.31. The number of amides is 1. The Morgan fingerprint density at radius 2 is 2.24 bits per heavy atom. The SMILES string of the molecule is CC(C)(C)OC(=O)NCc1ncccc1C=O. The van der Waals surface area contributed by atoms with Crippen LogP contribution in [0.4, 0.5) is 4.79 Å². The number of ether oxygens (including phenoxy) is 1. The zero-order valence-electron chi connectivity index (χ0n) is 10.2. The third-order valence-corrected chi connectivity index (χ3v) is 1.85. The third kappa shape index (κ3) is 4.63. The second-order valence-electron chi connectivity index (χ2n) is 4.51. The molecule has 0 spiro atoms. The molecule has 17 heavy (non-hydrogen) atoms. The molecule has 0 saturated heterocycles. The minimum Gasteiger partial charge on any atom is -0.444 e. The maximum atomic E-state index is 11.4. The number of rotatable bonds is 3. The van der Waals surface area contributed by atoms with Crippen molar-refractivity contribution in [2.75, 3.05) is 0 Å². The van der Waals surface area contributed by atoms with Gasteiger partial charge in [0.05, 0.1) is 12.2 Å². The highest BCUT2D eigenvalue weighted by Gasteiger charge is 2.16. The molecule has 0 aliphatic rings. The number of aldehydes is 1. The average Bonchev–Trinajstić information content (AvgIpc) is 2.24. The van der Waals surface area contributed by atoms with Crippen LogP contribution in [0.25, 0.3) is 0 Å². The van der Waals surface area contributed by atoms with Gasteiger partial charge in [0.1, 0.15) is 5.60 Å². The third-order valence-electron chi connectivity index (χ3n) is 1.85. The first-order chi connectivity index (χ1) is 7.92. The van der Waals surface area contributed by atoms with E-state index in [0.29, 0.717) is 17.5 Å². The predicted molar refractivity (Wildman–Crippen MR) is 62.7 cm³/mol. The first kappa shape index (κ1) is 13.2. The number of alkyl carbamates (subject to hydrolysis) is 1. The van der Waals surface area contributed by atoms with Crippen LogP contribution in [0.5, 0.6) is 0 Å². The molecule has 5 nitrogen and oxygen atoms in total. The van der Waals surface area contributed by atoms with Crippen molar-refractivity contribution in [1.82, 2.24) is 10.3 Å². The summed E-state index contributed by atoms with van der Waals surface area (Å²) in [5.41, 5.74) is 0.443. The summed E-state index contributed by atoms with van der Waals surface area (Å²) in [4.78, 5) is 26.1. The molecule has 92 valence electrons. The fourth-order valence-corrected chi connectivity index (χ4v) is 1.18. The molecule has 0 fully saturated rings. The lowest BCUT2D eigenvalue weighted by Gasteiger charge is -2.19. The zero-order valence-corrected chi connectivity index (χ0v) is 10.2. The number of aromatic nitrogens is 1. The van der Waals surface area contributed by atoms with Crippen molar-refractivity contribution in [3.63, 3.8) is 0 Å². The number of nitrogens with one attached hydrogen (secondary N) is 1. The first-order valence-corrected chi connectivity index (χ1v) is 5.28. The van der Waals surface area contributed by atoms with Gasteiger partial charge in [0, 0.05) is 11.8 Å². The maximum Gasteiger partial charge on any atom is 0.407 e. The summed E-state index contributed by atoms with van der Waals surface area (Å²) in [7, 11) is 0. The fourth-order valence-electron chi connectivity index (χ4n) is 1.18. The van der Waals surface area contributed by atoms with Crippen LogP contribution in [-0.4, -0.2) is 23.0 Å². The van der Waals surface area contributed by atoms with Crippen molar-refractivity contribution in [3.05, 3.63) is 29.6 Å². The van der Waals surface area contributed by atoms with Crippen LogP contribution < -0.4 is 5.32 Å². The normalized spacial score (nSPS) is 10.8. The Labute approximate surface area is 100 Å². The van der Waals surface area contributed by atoms with Crippen LogP contribution in [-0.2, 0) is 11.3 Å². The summed E-state index contributed by atoms with van der Waals surface area (Å²) < 4.78 is 5.07. The van der Waals surface area contributed by atoms with Crippen molar-refractivity contribution in [2.24, 2.45) is 0 Å². The Kier molecular flexibility index (Phi) is 4.20. The van der Waals surface area contributed by atoms with Crippen molar-refractivity contribution in [3.8, 4) is 0 Å². The highest BCUT2D eigenvalue weighted by molar-refractivity contribution is 5.76. The standard InChI is InChI=1S/C12H16N2O3/c1-12(2,3)17-11(16)14-7-10-9(8-15)5-4-6-13-10/h4-6,8H,7H2,1-3H3,(H,14,16). The van der Waals surface area contributed by atoms with E-state index >= 15 is 0 Å². The van der Waals surface area contributed by atoms with Gasteiger partial charge >= 0.3 is 6.09 Å². The lowest BCUT2D eigenvalue weighted by Crippen LogP contribution is -2.32. The minimum atomic E-state index is -0.540. The van der Waals surface area contributed by atoms with Gasteiger partial charge in [0.15, 0.2) is 6.29 Å². The van der Waals surface area contributed by atoms with Gasteiger partial charge in [-0.15, -0.1) is 0 Å². The molecule has 1 amide bonds. The molecule has 1 rings (SSSR count). The van der Waals surface area contributed by atoms with E-state index in [1.165, 1.54) is 0 Å². The second-order valence-corrected chi connectivity index (χ2v) is 4.51. The zero-order chi connectivity index (χ0) is 12.9. The molecule has 0 aliphatic carbocycles. The van der Waals surface area contributed by atoms with Crippen LogP contribution >= 0.6 is 0 Å². The van der Waals surface area contributed by atoms with E-state index in [9.17, 15) is 9.59 Å². The predicted octanol–water partition coefficient (Wildman–Crippen LogP) is 1.92. The quantitative estimate of drug-likeness (QED) is 0.814. The molecule has 1 heterocycles. The Morgan fingerprint density at radius 3 is 2.82 bits per heavy atom. The Bertz CT molecular complexity index is 410. The van der Waals surface area contributed by atoms with Crippen molar-refractivity contribution in [2.45, 2.75) is 32.9 Å². The van der Waals surface area contributed by atoms with E-state index in [1.807, 2.05) is 0 Å². The van der Waals surface area contributed by atoms with E-state index in [4.69, 9.17) is 4.74 Å². The highest BCUT2D eigenvalue weighted by atomic mass is 16.6. The summed E-state index contributed by atoms with van der Waals surface area (Å²) in [5, 5.41) is 2.55. The van der Waals surface area contributed by atoms with Crippen LogP contribution in [0.2, 0.25) is 0 Å². The van der Waals surface area contributed by atoms with Gasteiger partial charge < -0.3 is 10.1 Å². The van der Waals surface area contributed by atoms with Crippen molar-refractivity contribution >= 4 is 12.4 Å². The van der Waals surface area contributed by atoms with E-state index < -0.39 is 11.7 Å². The lowest BCUT2D eigenvalue weighted by molar-refractivity contribution is 0.0522. The molecule has 1 N–H and O–H groups in total. The van der Waals surface area contributed by atoms with Gasteiger partial charge in [0.25, 0.3) is 0 Å². The van der Waals surface area contributed by atoms with Crippen molar-refractivity contribution in [1.29, 1.82) is 0 Å². The average molecular weight is 236 g/mol. The first-order valence-electron chi connectivity index (χ1n) is 5.28. The van der Waals surface area contributed by atoms with E-state index in [2.05, 4.69) is 10.3 Å². The van der Waals surface area contributed by atoms with Crippen molar-refractivity contribution < 1.29 is 14.3 Å². The summed E-state index contributed by atoms with van der Waals surface area (Å²) in [5.74, 6) is 0. The molecule has 0 unspecified atom stereocenters. The number of carbonyl (C=O) groups is 2. The molecule has 0 bridgehead atoms. The largest absolute Gasteiger partial charge is 0.444 e. The van der Waals surface area contributed by atoms with Crippen LogP contribution in [0.3, 0.4) is 0 Å². The van der Waals surface area contributed by atoms with Gasteiger partial charge in [-0.2, -0.15) is 0 Å². The van der Waals surface area contributed by atoms with Gasteiger partial charge in [-0.3, -0.25) is 9.78 Å². The fraction of sp³-hybridized carbons (Fsp3) is 0.417. The molecule has 0 atom stereocenters. The molecular weight excluding hydrogens is 220 g/mol. The Hall–Kier alpha value is -1.91. The lowest BCUT2D eigenvalue weighted by atomic mass is 10.2. The van der Waals surface area contributed by atoms with E-state index in [1.54, 1.807) is 39.1 Å². The number of pyridine rings is 1.